The number of benzene rings is 1. The molecule has 0 saturated heterocycles. The van der Waals surface area contributed by atoms with Gasteiger partial charge in [-0.3, -0.25) is 14.8 Å². The molecular weight excluding hydrogens is 264 g/mol. The Kier molecular flexibility index (Phi) is 3.23. The maximum Gasteiger partial charge on any atom is 0.256 e. The van der Waals surface area contributed by atoms with Gasteiger partial charge >= 0.3 is 0 Å². The number of hydrogen-bond donors (Lipinski definition) is 2. The highest BCUT2D eigenvalue weighted by Gasteiger charge is 2.12. The highest BCUT2D eigenvalue weighted by molar-refractivity contribution is 6.12. The molecule has 3 aromatic rings. The lowest BCUT2D eigenvalue weighted by Gasteiger charge is -2.09. The van der Waals surface area contributed by atoms with Crippen molar-refractivity contribution in [3.05, 3.63) is 60.0 Å². The van der Waals surface area contributed by atoms with E-state index < -0.39 is 0 Å². The molecule has 1 amide bonds. The van der Waals surface area contributed by atoms with Crippen LogP contribution in [0.3, 0.4) is 0 Å². The molecule has 0 aliphatic carbocycles. The van der Waals surface area contributed by atoms with Crippen molar-refractivity contribution < 1.29 is 4.79 Å². The lowest BCUT2D eigenvalue weighted by molar-refractivity contribution is 0.102. The summed E-state index contributed by atoms with van der Waals surface area (Å²) in [7, 11) is 0. The van der Waals surface area contributed by atoms with Crippen LogP contribution in [-0.2, 0) is 0 Å². The van der Waals surface area contributed by atoms with Gasteiger partial charge < -0.3 is 11.1 Å². The number of carbonyl (C=O) groups is 1. The molecule has 0 aliphatic heterocycles. The van der Waals surface area contributed by atoms with Gasteiger partial charge in [-0.2, -0.15) is 0 Å². The van der Waals surface area contributed by atoms with Crippen molar-refractivity contribution in [3.63, 3.8) is 0 Å². The van der Waals surface area contributed by atoms with E-state index in [1.807, 2.05) is 13.0 Å². The number of amides is 1. The molecule has 0 fully saturated rings. The zero-order valence-electron chi connectivity index (χ0n) is 11.5. The number of pyridine rings is 2. The van der Waals surface area contributed by atoms with Gasteiger partial charge in [0.15, 0.2) is 0 Å². The summed E-state index contributed by atoms with van der Waals surface area (Å²) in [5, 5.41) is 3.59. The topological polar surface area (TPSA) is 80.9 Å². The Hall–Kier alpha value is -2.95. The number of aryl methyl sites for hydroxylation is 1. The lowest BCUT2D eigenvalue weighted by Crippen LogP contribution is -2.13. The zero-order valence-corrected chi connectivity index (χ0v) is 11.5. The molecule has 2 aromatic heterocycles. The molecule has 0 aliphatic rings. The first-order valence-corrected chi connectivity index (χ1v) is 6.52. The number of nitrogen functional groups attached to an aromatic ring is 1. The average molecular weight is 278 g/mol. The van der Waals surface area contributed by atoms with Crippen LogP contribution in [-0.4, -0.2) is 15.9 Å². The second-order valence-corrected chi connectivity index (χ2v) is 4.78. The molecule has 0 spiro atoms. The molecule has 0 atom stereocenters. The van der Waals surface area contributed by atoms with Crippen molar-refractivity contribution in [2.75, 3.05) is 11.1 Å². The fourth-order valence-corrected chi connectivity index (χ4v) is 2.20. The van der Waals surface area contributed by atoms with Gasteiger partial charge in [-0.05, 0) is 43.3 Å². The fraction of sp³-hybridized carbons (Fsp3) is 0.0625. The first kappa shape index (κ1) is 13.1. The van der Waals surface area contributed by atoms with Gasteiger partial charge in [0.05, 0.1) is 11.1 Å². The van der Waals surface area contributed by atoms with Crippen LogP contribution < -0.4 is 11.1 Å². The van der Waals surface area contributed by atoms with Crippen molar-refractivity contribution >= 4 is 28.2 Å². The van der Waals surface area contributed by atoms with E-state index in [1.165, 1.54) is 0 Å². The minimum absolute atomic E-state index is 0.192. The molecule has 5 heteroatoms. The van der Waals surface area contributed by atoms with Crippen LogP contribution in [0.15, 0.2) is 48.8 Å². The van der Waals surface area contributed by atoms with E-state index >= 15 is 0 Å². The van der Waals surface area contributed by atoms with Gasteiger partial charge in [-0.25, -0.2) is 0 Å². The van der Waals surface area contributed by atoms with Crippen LogP contribution >= 0.6 is 0 Å². The van der Waals surface area contributed by atoms with Crippen molar-refractivity contribution in [2.45, 2.75) is 6.92 Å². The highest BCUT2D eigenvalue weighted by atomic mass is 16.1. The normalized spacial score (nSPS) is 10.5. The second kappa shape index (κ2) is 5.20. The first-order valence-electron chi connectivity index (χ1n) is 6.52. The Morgan fingerprint density at radius 2 is 1.90 bits per heavy atom. The molecule has 1 aromatic carbocycles. The predicted molar refractivity (Wildman–Crippen MR) is 83.1 cm³/mol. The molecule has 2 heterocycles. The summed E-state index contributed by atoms with van der Waals surface area (Å²) in [6, 6.07) is 10.6. The van der Waals surface area contributed by atoms with Crippen LogP contribution in [0.4, 0.5) is 11.4 Å². The zero-order chi connectivity index (χ0) is 14.8. The summed E-state index contributed by atoms with van der Waals surface area (Å²) in [5.74, 6) is -0.192. The number of anilines is 2. The molecule has 0 radical (unpaired) electrons. The van der Waals surface area contributed by atoms with Crippen molar-refractivity contribution in [1.82, 2.24) is 9.97 Å². The second-order valence-electron chi connectivity index (χ2n) is 4.78. The molecule has 3 N–H and O–H groups in total. The van der Waals surface area contributed by atoms with E-state index in [2.05, 4.69) is 15.3 Å². The summed E-state index contributed by atoms with van der Waals surface area (Å²) >= 11 is 0. The molecule has 5 nitrogen and oxygen atoms in total. The summed E-state index contributed by atoms with van der Waals surface area (Å²) in [5.41, 5.74) is 9.21. The van der Waals surface area contributed by atoms with Crippen molar-refractivity contribution in [1.29, 1.82) is 0 Å². The Bertz CT molecular complexity index is 815. The fourth-order valence-electron chi connectivity index (χ4n) is 2.20. The molecule has 104 valence electrons. The van der Waals surface area contributed by atoms with E-state index in [4.69, 9.17) is 5.73 Å². The van der Waals surface area contributed by atoms with Gasteiger partial charge in [0, 0.05) is 34.8 Å². The number of aromatic nitrogens is 2. The Labute approximate surface area is 121 Å². The lowest BCUT2D eigenvalue weighted by atomic mass is 10.1. The average Bonchev–Trinajstić information content (AvgIpc) is 2.48. The first-order chi connectivity index (χ1) is 10.1. The number of nitrogens with two attached hydrogens (primary N) is 1. The molecule has 0 bridgehead atoms. The van der Waals surface area contributed by atoms with Crippen LogP contribution in [0.1, 0.15) is 16.1 Å². The van der Waals surface area contributed by atoms with Gasteiger partial charge in [0.2, 0.25) is 0 Å². The Morgan fingerprint density at radius 3 is 2.67 bits per heavy atom. The van der Waals surface area contributed by atoms with Crippen LogP contribution in [0.2, 0.25) is 0 Å². The minimum Gasteiger partial charge on any atom is -0.399 e. The maximum absolute atomic E-state index is 12.5. The van der Waals surface area contributed by atoms with Crippen molar-refractivity contribution in [2.24, 2.45) is 0 Å². The predicted octanol–water partition coefficient (Wildman–Crippen LogP) is 2.77. The van der Waals surface area contributed by atoms with Gasteiger partial charge in [0.25, 0.3) is 5.91 Å². The summed E-state index contributed by atoms with van der Waals surface area (Å²) < 4.78 is 0. The Morgan fingerprint density at radius 1 is 1.14 bits per heavy atom. The van der Waals surface area contributed by atoms with Gasteiger partial charge in [-0.15, -0.1) is 0 Å². The Balaban J connectivity index is 2.06. The van der Waals surface area contributed by atoms with E-state index in [9.17, 15) is 4.79 Å². The third kappa shape index (κ3) is 2.67. The number of carbonyl (C=O) groups excluding carboxylic acids is 1. The molecule has 0 unspecified atom stereocenters. The number of fused-ring (bicyclic) bond motifs is 1. The summed E-state index contributed by atoms with van der Waals surface area (Å²) in [4.78, 5) is 20.8. The van der Waals surface area contributed by atoms with Gasteiger partial charge in [0.1, 0.15) is 0 Å². The summed E-state index contributed by atoms with van der Waals surface area (Å²) in [6.07, 6.45) is 3.26. The monoisotopic (exact) mass is 278 g/mol. The standard InChI is InChI=1S/C16H14N4O/c1-10-8-14(13-9-11(17)2-3-15(13)19-10)16(21)20-12-4-6-18-7-5-12/h2-9H,17H2,1H3,(H,18,20,21). The summed E-state index contributed by atoms with van der Waals surface area (Å²) in [6.45, 7) is 1.86. The smallest absolute Gasteiger partial charge is 0.256 e. The number of rotatable bonds is 2. The number of nitrogens with one attached hydrogen (secondary N) is 1. The number of nitrogens with zero attached hydrogens (tertiary/aromatic N) is 2. The van der Waals surface area contributed by atoms with Crippen LogP contribution in [0.25, 0.3) is 10.9 Å². The minimum atomic E-state index is -0.192. The van der Waals surface area contributed by atoms with E-state index in [0.717, 1.165) is 16.6 Å². The van der Waals surface area contributed by atoms with Crippen molar-refractivity contribution in [3.8, 4) is 0 Å². The SMILES string of the molecule is Cc1cc(C(=O)Nc2ccncc2)c2cc(N)ccc2n1. The molecule has 0 saturated carbocycles. The highest BCUT2D eigenvalue weighted by Crippen LogP contribution is 2.22. The molecule has 21 heavy (non-hydrogen) atoms. The third-order valence-corrected chi connectivity index (χ3v) is 3.14. The van der Waals surface area contributed by atoms with E-state index in [0.29, 0.717) is 16.9 Å². The molecular formula is C16H14N4O. The number of hydrogen-bond acceptors (Lipinski definition) is 4. The third-order valence-electron chi connectivity index (χ3n) is 3.14. The quantitative estimate of drug-likeness (QED) is 0.706. The maximum atomic E-state index is 12.5. The molecule has 3 rings (SSSR count). The van der Waals surface area contributed by atoms with Gasteiger partial charge in [-0.1, -0.05) is 0 Å². The largest absolute Gasteiger partial charge is 0.399 e. The van der Waals surface area contributed by atoms with Crippen LogP contribution in [0, 0.1) is 6.92 Å². The van der Waals surface area contributed by atoms with E-state index in [-0.39, 0.29) is 5.91 Å². The van der Waals surface area contributed by atoms with Crippen LogP contribution in [0.5, 0.6) is 0 Å². The van der Waals surface area contributed by atoms with E-state index in [1.54, 1.807) is 42.7 Å².